The van der Waals surface area contributed by atoms with Crippen LogP contribution in [-0.2, 0) is 0 Å². The standard InChI is InChI=1S/C25H20N6O/c1-32-22-13-11-18(12-14-22)24-20(17-31(30-24)21-8-3-2-4-9-21)16-27-29-25-23-10-6-5-7-19(23)15-26-28-25/h2-17H,1H3,(H,28,29)/b27-16+. The minimum atomic E-state index is 0.598. The smallest absolute Gasteiger partial charge is 0.176 e. The molecule has 2 heterocycles. The van der Waals surface area contributed by atoms with Crippen molar-refractivity contribution < 1.29 is 4.74 Å². The van der Waals surface area contributed by atoms with Crippen molar-refractivity contribution in [1.29, 1.82) is 0 Å². The molecular weight excluding hydrogens is 400 g/mol. The molecule has 0 spiro atoms. The summed E-state index contributed by atoms with van der Waals surface area (Å²) in [7, 11) is 1.65. The summed E-state index contributed by atoms with van der Waals surface area (Å²) in [6.45, 7) is 0. The minimum Gasteiger partial charge on any atom is -0.497 e. The van der Waals surface area contributed by atoms with Gasteiger partial charge in [0.05, 0.1) is 25.2 Å². The normalized spacial score (nSPS) is 11.2. The summed E-state index contributed by atoms with van der Waals surface area (Å²) in [4.78, 5) is 0. The maximum Gasteiger partial charge on any atom is 0.176 e. The fourth-order valence-corrected chi connectivity index (χ4v) is 3.44. The summed E-state index contributed by atoms with van der Waals surface area (Å²) >= 11 is 0. The third kappa shape index (κ3) is 3.91. The fourth-order valence-electron chi connectivity index (χ4n) is 3.44. The van der Waals surface area contributed by atoms with Crippen LogP contribution in [0.15, 0.2) is 96.4 Å². The average molecular weight is 420 g/mol. The van der Waals surface area contributed by atoms with Gasteiger partial charge in [-0.3, -0.25) is 5.43 Å². The summed E-state index contributed by atoms with van der Waals surface area (Å²) in [5, 5.41) is 19.4. The summed E-state index contributed by atoms with van der Waals surface area (Å²) in [6, 6.07) is 25.7. The number of ether oxygens (including phenoxy) is 1. The van der Waals surface area contributed by atoms with Gasteiger partial charge in [-0.15, -0.1) is 5.10 Å². The Hall–Kier alpha value is -4.52. The second kappa shape index (κ2) is 8.69. The molecule has 2 aromatic heterocycles. The number of nitrogens with one attached hydrogen (secondary N) is 1. The number of fused-ring (bicyclic) bond motifs is 1. The molecule has 0 atom stereocenters. The number of aromatic nitrogens is 4. The zero-order valence-corrected chi connectivity index (χ0v) is 17.4. The summed E-state index contributed by atoms with van der Waals surface area (Å²) in [6.07, 6.45) is 5.43. The van der Waals surface area contributed by atoms with Crippen molar-refractivity contribution in [3.63, 3.8) is 0 Å². The molecule has 0 bridgehead atoms. The lowest BCUT2D eigenvalue weighted by Crippen LogP contribution is -1.96. The number of para-hydroxylation sites is 1. The molecule has 0 saturated heterocycles. The Morgan fingerprint density at radius 1 is 0.938 bits per heavy atom. The maximum absolute atomic E-state index is 5.28. The molecule has 0 aliphatic heterocycles. The molecule has 0 saturated carbocycles. The van der Waals surface area contributed by atoms with E-state index in [1.807, 2.05) is 89.7 Å². The summed E-state index contributed by atoms with van der Waals surface area (Å²) in [5.41, 5.74) is 6.63. The Morgan fingerprint density at radius 2 is 1.72 bits per heavy atom. The molecule has 1 N–H and O–H groups in total. The van der Waals surface area contributed by atoms with Gasteiger partial charge in [0.15, 0.2) is 5.82 Å². The van der Waals surface area contributed by atoms with Gasteiger partial charge in [0.1, 0.15) is 11.4 Å². The number of rotatable bonds is 6. The van der Waals surface area contributed by atoms with E-state index in [9.17, 15) is 0 Å². The maximum atomic E-state index is 5.28. The zero-order chi connectivity index (χ0) is 21.8. The number of hydrazone groups is 1. The minimum absolute atomic E-state index is 0.598. The first kappa shape index (κ1) is 19.4. The molecule has 0 radical (unpaired) electrons. The topological polar surface area (TPSA) is 77.2 Å². The van der Waals surface area contributed by atoms with Gasteiger partial charge in [0, 0.05) is 28.1 Å². The van der Waals surface area contributed by atoms with E-state index >= 15 is 0 Å². The predicted molar refractivity (Wildman–Crippen MR) is 126 cm³/mol. The van der Waals surface area contributed by atoms with Crippen LogP contribution in [0.1, 0.15) is 5.56 Å². The largest absolute Gasteiger partial charge is 0.497 e. The van der Waals surface area contributed by atoms with E-state index < -0.39 is 0 Å². The van der Waals surface area contributed by atoms with Gasteiger partial charge < -0.3 is 4.74 Å². The van der Waals surface area contributed by atoms with Gasteiger partial charge in [-0.2, -0.15) is 15.3 Å². The molecule has 7 nitrogen and oxygen atoms in total. The number of benzene rings is 3. The molecule has 0 aliphatic rings. The Bertz CT molecular complexity index is 1370. The first-order valence-electron chi connectivity index (χ1n) is 10.1. The van der Waals surface area contributed by atoms with Crippen molar-refractivity contribution in [2.24, 2.45) is 5.10 Å². The molecule has 0 amide bonds. The van der Waals surface area contributed by atoms with Gasteiger partial charge in [-0.05, 0) is 36.4 Å². The second-order valence-electron chi connectivity index (χ2n) is 7.09. The zero-order valence-electron chi connectivity index (χ0n) is 17.4. The Morgan fingerprint density at radius 3 is 2.53 bits per heavy atom. The lowest BCUT2D eigenvalue weighted by Gasteiger charge is -2.03. The van der Waals surface area contributed by atoms with Crippen molar-refractivity contribution in [3.05, 3.63) is 96.8 Å². The fraction of sp³-hybridized carbons (Fsp3) is 0.0400. The monoisotopic (exact) mass is 420 g/mol. The number of hydrogen-bond donors (Lipinski definition) is 1. The predicted octanol–water partition coefficient (Wildman–Crippen LogP) is 4.94. The average Bonchev–Trinajstić information content (AvgIpc) is 3.29. The Labute approximate surface area is 185 Å². The molecule has 7 heteroatoms. The van der Waals surface area contributed by atoms with Crippen LogP contribution in [0.5, 0.6) is 5.75 Å². The molecule has 0 unspecified atom stereocenters. The van der Waals surface area contributed by atoms with E-state index in [2.05, 4.69) is 20.7 Å². The first-order chi connectivity index (χ1) is 15.8. The SMILES string of the molecule is COc1ccc(-c2nn(-c3ccccc3)cc2/C=N/Nc2nncc3ccccc23)cc1. The van der Waals surface area contributed by atoms with Crippen LogP contribution in [0.4, 0.5) is 5.82 Å². The molecule has 5 rings (SSSR count). The highest BCUT2D eigenvalue weighted by molar-refractivity contribution is 5.92. The van der Waals surface area contributed by atoms with Crippen molar-refractivity contribution in [2.75, 3.05) is 12.5 Å². The highest BCUT2D eigenvalue weighted by Gasteiger charge is 2.11. The van der Waals surface area contributed by atoms with Crippen molar-refractivity contribution in [1.82, 2.24) is 20.0 Å². The Balaban J connectivity index is 1.50. The van der Waals surface area contributed by atoms with Crippen molar-refractivity contribution in [3.8, 4) is 22.7 Å². The molecule has 3 aromatic carbocycles. The van der Waals surface area contributed by atoms with Gasteiger partial charge in [-0.25, -0.2) is 4.68 Å². The van der Waals surface area contributed by atoms with Gasteiger partial charge in [0.25, 0.3) is 0 Å². The number of methoxy groups -OCH3 is 1. The lowest BCUT2D eigenvalue weighted by molar-refractivity contribution is 0.415. The van der Waals surface area contributed by atoms with E-state index in [1.54, 1.807) is 19.5 Å². The van der Waals surface area contributed by atoms with Crippen LogP contribution in [-0.4, -0.2) is 33.3 Å². The van der Waals surface area contributed by atoms with Crippen molar-refractivity contribution in [2.45, 2.75) is 0 Å². The third-order valence-corrected chi connectivity index (χ3v) is 5.07. The van der Waals surface area contributed by atoms with Crippen LogP contribution in [0, 0.1) is 0 Å². The molecule has 0 aliphatic carbocycles. The quantitative estimate of drug-likeness (QED) is 0.311. The first-order valence-corrected chi connectivity index (χ1v) is 10.1. The van der Waals surface area contributed by atoms with Gasteiger partial charge in [-0.1, -0.05) is 42.5 Å². The van der Waals surface area contributed by atoms with E-state index in [4.69, 9.17) is 9.84 Å². The van der Waals surface area contributed by atoms with E-state index in [0.29, 0.717) is 5.82 Å². The van der Waals surface area contributed by atoms with Crippen LogP contribution in [0.25, 0.3) is 27.7 Å². The Kier molecular flexibility index (Phi) is 5.28. The van der Waals surface area contributed by atoms with E-state index in [-0.39, 0.29) is 0 Å². The van der Waals surface area contributed by atoms with E-state index in [0.717, 1.165) is 39.0 Å². The van der Waals surface area contributed by atoms with Crippen LogP contribution >= 0.6 is 0 Å². The molecular formula is C25H20N6O. The molecule has 156 valence electrons. The summed E-state index contributed by atoms with van der Waals surface area (Å²) < 4.78 is 7.13. The molecule has 32 heavy (non-hydrogen) atoms. The molecule has 5 aromatic rings. The lowest BCUT2D eigenvalue weighted by atomic mass is 10.1. The highest BCUT2D eigenvalue weighted by Crippen LogP contribution is 2.25. The van der Waals surface area contributed by atoms with Crippen LogP contribution in [0.3, 0.4) is 0 Å². The van der Waals surface area contributed by atoms with Crippen LogP contribution in [0.2, 0.25) is 0 Å². The number of nitrogens with zero attached hydrogens (tertiary/aromatic N) is 5. The number of hydrogen-bond acceptors (Lipinski definition) is 6. The van der Waals surface area contributed by atoms with Crippen molar-refractivity contribution >= 4 is 22.8 Å². The highest BCUT2D eigenvalue weighted by atomic mass is 16.5. The van der Waals surface area contributed by atoms with Gasteiger partial charge in [0.2, 0.25) is 0 Å². The molecule has 0 fully saturated rings. The van der Waals surface area contributed by atoms with E-state index in [1.165, 1.54) is 0 Å². The summed E-state index contributed by atoms with van der Waals surface area (Å²) in [5.74, 6) is 1.39. The second-order valence-corrected chi connectivity index (χ2v) is 7.09. The third-order valence-electron chi connectivity index (χ3n) is 5.07. The number of anilines is 1. The van der Waals surface area contributed by atoms with Crippen LogP contribution < -0.4 is 10.2 Å². The van der Waals surface area contributed by atoms with Gasteiger partial charge >= 0.3 is 0 Å².